The number of nitrogens with one attached hydrogen (secondary N) is 1. The fraction of sp³-hybridized carbons (Fsp3) is 0.424. The number of benzene rings is 2. The lowest BCUT2D eigenvalue weighted by atomic mass is 10.0. The molecule has 0 radical (unpaired) electrons. The zero-order valence-electron chi connectivity index (χ0n) is 25.1. The van der Waals surface area contributed by atoms with Crippen molar-refractivity contribution in [3.05, 3.63) is 77.7 Å². The molecule has 4 rings (SSSR count). The molecule has 0 aliphatic rings. The van der Waals surface area contributed by atoms with Gasteiger partial charge in [0.25, 0.3) is 0 Å². The third-order valence-electron chi connectivity index (χ3n) is 7.59. The molecule has 2 aromatic carbocycles. The molecule has 0 amide bonds. The third-order valence-corrected chi connectivity index (χ3v) is 7.59. The summed E-state index contributed by atoms with van der Waals surface area (Å²) in [4.78, 5) is 16.0. The zero-order valence-corrected chi connectivity index (χ0v) is 25.1. The van der Waals surface area contributed by atoms with Crippen LogP contribution in [-0.4, -0.2) is 32.9 Å². The van der Waals surface area contributed by atoms with Gasteiger partial charge >= 0.3 is 12.4 Å². The van der Waals surface area contributed by atoms with Crippen LogP contribution in [-0.2, 0) is 12.4 Å². The SMILES string of the molecule is CCCCCN(CCCCC)C(C)c1nc(Nc2ccc(C(F)(F)F)cc2)c2ccc(-c3ncccc3C(F)(F)F)cc2n1. The molecular weight excluding hydrogens is 580 g/mol. The normalized spacial score (nSPS) is 13.0. The van der Waals surface area contributed by atoms with Crippen LogP contribution < -0.4 is 5.32 Å². The second-order valence-corrected chi connectivity index (χ2v) is 10.9. The van der Waals surface area contributed by atoms with Crippen molar-refractivity contribution < 1.29 is 26.3 Å². The Bertz CT molecular complexity index is 1510. The summed E-state index contributed by atoms with van der Waals surface area (Å²) in [5, 5.41) is 3.64. The van der Waals surface area contributed by atoms with Crippen molar-refractivity contribution in [1.82, 2.24) is 19.9 Å². The molecule has 0 saturated heterocycles. The summed E-state index contributed by atoms with van der Waals surface area (Å²) in [5.41, 5.74) is -0.829. The van der Waals surface area contributed by atoms with Gasteiger partial charge in [-0.15, -0.1) is 0 Å². The van der Waals surface area contributed by atoms with E-state index in [1.807, 2.05) is 6.92 Å². The van der Waals surface area contributed by atoms with Gasteiger partial charge in [0.05, 0.1) is 28.4 Å². The molecule has 0 aliphatic carbocycles. The number of anilines is 2. The lowest BCUT2D eigenvalue weighted by Crippen LogP contribution is -2.30. The van der Waals surface area contributed by atoms with Crippen molar-refractivity contribution in [2.45, 2.75) is 77.7 Å². The summed E-state index contributed by atoms with van der Waals surface area (Å²) in [6.45, 7) is 7.96. The highest BCUT2D eigenvalue weighted by Crippen LogP contribution is 2.38. The van der Waals surface area contributed by atoms with Gasteiger partial charge in [0.15, 0.2) is 0 Å². The quantitative estimate of drug-likeness (QED) is 0.120. The van der Waals surface area contributed by atoms with Crippen molar-refractivity contribution in [1.29, 1.82) is 0 Å². The van der Waals surface area contributed by atoms with Crippen molar-refractivity contribution in [3.8, 4) is 11.3 Å². The Morgan fingerprint density at radius 3 is 2.05 bits per heavy atom. The van der Waals surface area contributed by atoms with E-state index in [0.717, 1.165) is 69.8 Å². The first-order chi connectivity index (χ1) is 20.9. The van der Waals surface area contributed by atoms with Crippen molar-refractivity contribution in [2.75, 3.05) is 18.4 Å². The van der Waals surface area contributed by atoms with Gasteiger partial charge in [0.2, 0.25) is 0 Å². The number of pyridine rings is 1. The molecule has 0 bridgehead atoms. The molecule has 2 heterocycles. The summed E-state index contributed by atoms with van der Waals surface area (Å²) in [7, 11) is 0. The average molecular weight is 618 g/mol. The monoisotopic (exact) mass is 617 g/mol. The number of fused-ring (bicyclic) bond motifs is 1. The van der Waals surface area contributed by atoms with Crippen molar-refractivity contribution >= 4 is 22.4 Å². The van der Waals surface area contributed by atoms with E-state index in [1.165, 1.54) is 30.5 Å². The molecule has 236 valence electrons. The number of halogens is 6. The Hall–Kier alpha value is -3.73. The number of unbranched alkanes of at least 4 members (excludes halogenated alkanes) is 4. The van der Waals surface area contributed by atoms with E-state index >= 15 is 0 Å². The van der Waals surface area contributed by atoms with E-state index in [0.29, 0.717) is 28.2 Å². The highest BCUT2D eigenvalue weighted by atomic mass is 19.4. The molecule has 0 aliphatic heterocycles. The van der Waals surface area contributed by atoms with Crippen LogP contribution in [0.4, 0.5) is 37.8 Å². The molecule has 0 saturated carbocycles. The summed E-state index contributed by atoms with van der Waals surface area (Å²) >= 11 is 0. The largest absolute Gasteiger partial charge is 0.418 e. The van der Waals surface area contributed by atoms with E-state index in [9.17, 15) is 26.3 Å². The van der Waals surface area contributed by atoms with Crippen LogP contribution in [0.15, 0.2) is 60.8 Å². The Morgan fingerprint density at radius 1 is 0.795 bits per heavy atom. The van der Waals surface area contributed by atoms with Gasteiger partial charge in [-0.3, -0.25) is 9.88 Å². The van der Waals surface area contributed by atoms with Crippen molar-refractivity contribution in [3.63, 3.8) is 0 Å². The second kappa shape index (κ2) is 14.4. The van der Waals surface area contributed by atoms with E-state index in [-0.39, 0.29) is 17.3 Å². The highest BCUT2D eigenvalue weighted by molar-refractivity contribution is 5.93. The summed E-state index contributed by atoms with van der Waals surface area (Å²) in [6.07, 6.45) is -1.47. The van der Waals surface area contributed by atoms with Crippen LogP contribution in [0.3, 0.4) is 0 Å². The molecule has 0 spiro atoms. The molecule has 1 N–H and O–H groups in total. The minimum atomic E-state index is -4.60. The second-order valence-electron chi connectivity index (χ2n) is 10.9. The Kier molecular flexibility index (Phi) is 10.8. The van der Waals surface area contributed by atoms with Crippen LogP contribution in [0.25, 0.3) is 22.2 Å². The summed E-state index contributed by atoms with van der Waals surface area (Å²) in [5.74, 6) is 0.816. The van der Waals surface area contributed by atoms with Crippen LogP contribution in [0.1, 0.15) is 82.3 Å². The van der Waals surface area contributed by atoms with E-state index in [4.69, 9.17) is 9.97 Å². The Balaban J connectivity index is 1.81. The number of hydrogen-bond acceptors (Lipinski definition) is 5. The first-order valence-electron chi connectivity index (χ1n) is 14.9. The molecule has 4 aromatic rings. The summed E-state index contributed by atoms with van der Waals surface area (Å²) in [6, 6.07) is 11.3. The van der Waals surface area contributed by atoms with Crippen LogP contribution in [0.5, 0.6) is 0 Å². The van der Waals surface area contributed by atoms with Gasteiger partial charge in [-0.05, 0) is 81.4 Å². The van der Waals surface area contributed by atoms with E-state index in [1.54, 1.807) is 12.1 Å². The standard InChI is InChI=1S/C33H37F6N5/c1-4-6-8-19-44(20-9-7-5-2)22(3)30-42-28-21-23(29-27(33(37,38)39)11-10-18-40-29)12-17-26(28)31(43-30)41-25-15-13-24(14-16-25)32(34,35)36/h10-18,21-22H,4-9,19-20H2,1-3H3,(H,41,42,43). The van der Waals surface area contributed by atoms with Gasteiger partial charge in [0.1, 0.15) is 11.6 Å². The predicted octanol–water partition coefficient (Wildman–Crippen LogP) is 10.2. The smallest absolute Gasteiger partial charge is 0.340 e. The predicted molar refractivity (Wildman–Crippen MR) is 162 cm³/mol. The first-order valence-corrected chi connectivity index (χ1v) is 14.9. The zero-order chi connectivity index (χ0) is 31.9. The fourth-order valence-corrected chi connectivity index (χ4v) is 5.11. The average Bonchev–Trinajstić information content (AvgIpc) is 2.99. The lowest BCUT2D eigenvalue weighted by Gasteiger charge is -2.28. The third kappa shape index (κ3) is 8.25. The van der Waals surface area contributed by atoms with Crippen LogP contribution >= 0.6 is 0 Å². The minimum absolute atomic E-state index is 0.215. The molecule has 5 nitrogen and oxygen atoms in total. The maximum atomic E-state index is 13.8. The van der Waals surface area contributed by atoms with Gasteiger partial charge < -0.3 is 5.32 Å². The molecule has 2 aromatic heterocycles. The van der Waals surface area contributed by atoms with E-state index in [2.05, 4.69) is 29.0 Å². The number of hydrogen-bond donors (Lipinski definition) is 1. The molecule has 1 unspecified atom stereocenters. The first kappa shape index (κ1) is 33.2. The minimum Gasteiger partial charge on any atom is -0.340 e. The van der Waals surface area contributed by atoms with Crippen molar-refractivity contribution in [2.24, 2.45) is 0 Å². The van der Waals surface area contributed by atoms with Gasteiger partial charge in [-0.1, -0.05) is 45.6 Å². The van der Waals surface area contributed by atoms with Gasteiger partial charge in [-0.2, -0.15) is 26.3 Å². The maximum absolute atomic E-state index is 13.8. The van der Waals surface area contributed by atoms with E-state index < -0.39 is 23.5 Å². The summed E-state index contributed by atoms with van der Waals surface area (Å²) < 4.78 is 80.9. The molecule has 1 atom stereocenters. The fourth-order valence-electron chi connectivity index (χ4n) is 5.11. The Morgan fingerprint density at radius 2 is 1.45 bits per heavy atom. The topological polar surface area (TPSA) is 53.9 Å². The number of aromatic nitrogens is 3. The Labute approximate surface area is 253 Å². The number of rotatable bonds is 13. The lowest BCUT2D eigenvalue weighted by molar-refractivity contribution is -0.138. The maximum Gasteiger partial charge on any atom is 0.418 e. The molecule has 44 heavy (non-hydrogen) atoms. The van der Waals surface area contributed by atoms with Crippen LogP contribution in [0.2, 0.25) is 0 Å². The number of nitrogens with zero attached hydrogens (tertiary/aromatic N) is 4. The highest BCUT2D eigenvalue weighted by Gasteiger charge is 2.34. The molecule has 0 fully saturated rings. The van der Waals surface area contributed by atoms with Gasteiger partial charge in [0, 0.05) is 22.8 Å². The molecular formula is C33H37F6N5. The number of alkyl halides is 6. The molecule has 11 heteroatoms. The van der Waals surface area contributed by atoms with Gasteiger partial charge in [-0.25, -0.2) is 9.97 Å². The van der Waals surface area contributed by atoms with Crippen LogP contribution in [0, 0.1) is 0 Å².